The SMILES string of the molecule is Cc1noc(C)c1C(C)C(=O)NCC1(CO)CC1. The van der Waals surface area contributed by atoms with Crippen molar-refractivity contribution in [2.45, 2.75) is 39.5 Å². The van der Waals surface area contributed by atoms with Crippen LogP contribution in [0.4, 0.5) is 0 Å². The van der Waals surface area contributed by atoms with Gasteiger partial charge < -0.3 is 14.9 Å². The Labute approximate surface area is 107 Å². The highest BCUT2D eigenvalue weighted by atomic mass is 16.5. The number of nitrogens with one attached hydrogen (secondary N) is 1. The van der Waals surface area contributed by atoms with Gasteiger partial charge in [-0.2, -0.15) is 0 Å². The van der Waals surface area contributed by atoms with Gasteiger partial charge in [0, 0.05) is 17.5 Å². The van der Waals surface area contributed by atoms with Crippen LogP contribution in [0.25, 0.3) is 0 Å². The minimum absolute atomic E-state index is 0.0378. The van der Waals surface area contributed by atoms with Crippen LogP contribution in [0.3, 0.4) is 0 Å². The quantitative estimate of drug-likeness (QED) is 0.828. The molecule has 1 unspecified atom stereocenters. The molecule has 1 saturated carbocycles. The summed E-state index contributed by atoms with van der Waals surface area (Å²) in [6, 6.07) is 0. The maximum absolute atomic E-state index is 12.1. The van der Waals surface area contributed by atoms with Gasteiger partial charge in [-0.15, -0.1) is 0 Å². The van der Waals surface area contributed by atoms with Crippen molar-refractivity contribution in [2.75, 3.05) is 13.2 Å². The smallest absolute Gasteiger partial charge is 0.227 e. The molecule has 2 N–H and O–H groups in total. The maximum atomic E-state index is 12.1. The zero-order valence-electron chi connectivity index (χ0n) is 11.1. The number of aromatic nitrogens is 1. The van der Waals surface area contributed by atoms with Crippen LogP contribution in [0.15, 0.2) is 4.52 Å². The molecule has 1 fully saturated rings. The zero-order valence-corrected chi connectivity index (χ0v) is 11.1. The van der Waals surface area contributed by atoms with Crippen molar-refractivity contribution in [1.82, 2.24) is 10.5 Å². The van der Waals surface area contributed by atoms with Crippen molar-refractivity contribution in [3.05, 3.63) is 17.0 Å². The molecule has 100 valence electrons. The highest BCUT2D eigenvalue weighted by molar-refractivity contribution is 5.83. The van der Waals surface area contributed by atoms with E-state index in [1.807, 2.05) is 20.8 Å². The molecule has 0 saturated heterocycles. The van der Waals surface area contributed by atoms with E-state index in [0.29, 0.717) is 12.3 Å². The van der Waals surface area contributed by atoms with Crippen molar-refractivity contribution in [1.29, 1.82) is 0 Å². The Bertz CT molecular complexity index is 430. The molecule has 1 aliphatic carbocycles. The van der Waals surface area contributed by atoms with Crippen LogP contribution >= 0.6 is 0 Å². The number of hydrogen-bond acceptors (Lipinski definition) is 4. The third kappa shape index (κ3) is 2.41. The fourth-order valence-electron chi connectivity index (χ4n) is 2.23. The molecule has 1 atom stereocenters. The Morgan fingerprint density at radius 3 is 2.67 bits per heavy atom. The summed E-state index contributed by atoms with van der Waals surface area (Å²) < 4.78 is 5.08. The van der Waals surface area contributed by atoms with Crippen LogP contribution in [0.1, 0.15) is 42.7 Å². The third-order valence-corrected chi connectivity index (χ3v) is 3.85. The lowest BCUT2D eigenvalue weighted by atomic mass is 9.98. The molecule has 1 aromatic rings. The summed E-state index contributed by atoms with van der Waals surface area (Å²) in [4.78, 5) is 12.1. The van der Waals surface area contributed by atoms with Crippen LogP contribution < -0.4 is 5.32 Å². The molecular formula is C13H20N2O3. The normalized spacial score (nSPS) is 18.4. The van der Waals surface area contributed by atoms with Gasteiger partial charge in [-0.3, -0.25) is 4.79 Å². The average molecular weight is 252 g/mol. The molecule has 1 aliphatic rings. The molecule has 1 heterocycles. The molecule has 0 spiro atoms. The van der Waals surface area contributed by atoms with Crippen molar-refractivity contribution in [2.24, 2.45) is 5.41 Å². The summed E-state index contributed by atoms with van der Waals surface area (Å²) in [5.74, 6) is 0.383. The molecule has 18 heavy (non-hydrogen) atoms. The molecule has 2 rings (SSSR count). The molecule has 1 aromatic heterocycles. The first-order valence-corrected chi connectivity index (χ1v) is 6.30. The van der Waals surface area contributed by atoms with Gasteiger partial charge in [0.1, 0.15) is 5.76 Å². The largest absolute Gasteiger partial charge is 0.396 e. The lowest BCUT2D eigenvalue weighted by molar-refractivity contribution is -0.122. The highest BCUT2D eigenvalue weighted by Crippen LogP contribution is 2.44. The lowest BCUT2D eigenvalue weighted by Crippen LogP contribution is -2.34. The van der Waals surface area contributed by atoms with Crippen LogP contribution in [0, 0.1) is 19.3 Å². The highest BCUT2D eigenvalue weighted by Gasteiger charge is 2.42. The Balaban J connectivity index is 1.97. The Hall–Kier alpha value is -1.36. The second-order valence-corrected chi connectivity index (χ2v) is 5.34. The minimum atomic E-state index is -0.272. The number of aryl methyl sites for hydroxylation is 2. The van der Waals surface area contributed by atoms with Crippen LogP contribution in [-0.2, 0) is 4.79 Å². The molecular weight excluding hydrogens is 232 g/mol. The Morgan fingerprint density at radius 2 is 2.22 bits per heavy atom. The number of rotatable bonds is 5. The van der Waals surface area contributed by atoms with E-state index in [9.17, 15) is 9.90 Å². The fourth-order valence-corrected chi connectivity index (χ4v) is 2.23. The van der Waals surface area contributed by atoms with Gasteiger partial charge in [0.2, 0.25) is 5.91 Å². The predicted octanol–water partition coefficient (Wildman–Crippen LogP) is 1.28. The first-order valence-electron chi connectivity index (χ1n) is 6.30. The number of carbonyl (C=O) groups is 1. The minimum Gasteiger partial charge on any atom is -0.396 e. The number of carbonyl (C=O) groups excluding carboxylic acids is 1. The van der Waals surface area contributed by atoms with Crippen LogP contribution in [0.2, 0.25) is 0 Å². The second-order valence-electron chi connectivity index (χ2n) is 5.34. The first-order chi connectivity index (χ1) is 8.49. The van der Waals surface area contributed by atoms with E-state index in [0.717, 1.165) is 24.1 Å². The maximum Gasteiger partial charge on any atom is 0.227 e. The summed E-state index contributed by atoms with van der Waals surface area (Å²) >= 11 is 0. The summed E-state index contributed by atoms with van der Waals surface area (Å²) in [6.07, 6.45) is 1.98. The molecule has 5 heteroatoms. The Morgan fingerprint density at radius 1 is 1.56 bits per heavy atom. The van der Waals surface area contributed by atoms with Crippen molar-refractivity contribution >= 4 is 5.91 Å². The van der Waals surface area contributed by atoms with Gasteiger partial charge in [-0.05, 0) is 33.6 Å². The van der Waals surface area contributed by atoms with Crippen molar-refractivity contribution < 1.29 is 14.4 Å². The number of nitrogens with zero attached hydrogens (tertiary/aromatic N) is 1. The van der Waals surface area contributed by atoms with Gasteiger partial charge in [-0.1, -0.05) is 5.16 Å². The van der Waals surface area contributed by atoms with E-state index in [1.165, 1.54) is 0 Å². The average Bonchev–Trinajstić information content (AvgIpc) is 3.07. The third-order valence-electron chi connectivity index (χ3n) is 3.85. The number of amides is 1. The summed E-state index contributed by atoms with van der Waals surface area (Å²) in [5.41, 5.74) is 1.56. The predicted molar refractivity (Wildman–Crippen MR) is 66.2 cm³/mol. The van der Waals surface area contributed by atoms with Crippen LogP contribution in [0.5, 0.6) is 0 Å². The molecule has 0 radical (unpaired) electrons. The number of aliphatic hydroxyl groups is 1. The van der Waals surface area contributed by atoms with E-state index in [-0.39, 0.29) is 23.8 Å². The summed E-state index contributed by atoms with van der Waals surface area (Å²) in [5, 5.41) is 16.0. The second kappa shape index (κ2) is 4.72. The van der Waals surface area contributed by atoms with Gasteiger partial charge >= 0.3 is 0 Å². The van der Waals surface area contributed by atoms with Gasteiger partial charge in [0.15, 0.2) is 0 Å². The molecule has 0 aromatic carbocycles. The van der Waals surface area contributed by atoms with E-state index in [2.05, 4.69) is 10.5 Å². The van der Waals surface area contributed by atoms with Crippen LogP contribution in [-0.4, -0.2) is 29.3 Å². The monoisotopic (exact) mass is 252 g/mol. The van der Waals surface area contributed by atoms with Crippen molar-refractivity contribution in [3.8, 4) is 0 Å². The zero-order chi connectivity index (χ0) is 13.3. The summed E-state index contributed by atoms with van der Waals surface area (Å²) in [6.45, 7) is 6.20. The van der Waals surface area contributed by atoms with E-state index < -0.39 is 0 Å². The number of hydrogen-bond donors (Lipinski definition) is 2. The first kappa shape index (κ1) is 13.1. The molecule has 5 nitrogen and oxygen atoms in total. The Kier molecular flexibility index (Phi) is 3.43. The van der Waals surface area contributed by atoms with E-state index in [4.69, 9.17) is 4.52 Å². The van der Waals surface area contributed by atoms with E-state index in [1.54, 1.807) is 0 Å². The molecule has 0 aliphatic heterocycles. The fraction of sp³-hybridized carbons (Fsp3) is 0.692. The lowest BCUT2D eigenvalue weighted by Gasteiger charge is -2.16. The van der Waals surface area contributed by atoms with Gasteiger partial charge in [0.25, 0.3) is 0 Å². The van der Waals surface area contributed by atoms with Gasteiger partial charge in [-0.25, -0.2) is 0 Å². The summed E-state index contributed by atoms with van der Waals surface area (Å²) in [7, 11) is 0. The van der Waals surface area contributed by atoms with E-state index >= 15 is 0 Å². The molecule has 1 amide bonds. The molecule has 0 bridgehead atoms. The van der Waals surface area contributed by atoms with Gasteiger partial charge in [0.05, 0.1) is 18.2 Å². The standard InChI is InChI=1S/C13H20N2O3/c1-8(11-9(2)15-18-10(11)3)12(17)14-6-13(7-16)4-5-13/h8,16H,4-7H2,1-3H3,(H,14,17). The number of aliphatic hydroxyl groups excluding tert-OH is 1. The van der Waals surface area contributed by atoms with Crippen molar-refractivity contribution in [3.63, 3.8) is 0 Å². The topological polar surface area (TPSA) is 75.4 Å².